The smallest absolute Gasteiger partial charge is 0.348 e. The van der Waals surface area contributed by atoms with Crippen LogP contribution in [0.2, 0.25) is 5.02 Å². The van der Waals surface area contributed by atoms with Crippen LogP contribution < -0.4 is 0 Å². The molecule has 0 aliphatic rings. The summed E-state index contributed by atoms with van der Waals surface area (Å²) in [7, 11) is 1.39. The van der Waals surface area contributed by atoms with Gasteiger partial charge in [0.25, 0.3) is 0 Å². The SMILES string of the molecule is COC(=O)c1cc(Br)c(CSc2ccc(Cl)cc2)s1. The molecule has 19 heavy (non-hydrogen) atoms. The van der Waals surface area contributed by atoms with E-state index in [4.69, 9.17) is 16.3 Å². The summed E-state index contributed by atoms with van der Waals surface area (Å²) in [6, 6.07) is 9.50. The molecule has 0 spiro atoms. The van der Waals surface area contributed by atoms with Gasteiger partial charge in [-0.25, -0.2) is 4.79 Å². The molecule has 0 amide bonds. The van der Waals surface area contributed by atoms with E-state index in [0.717, 1.165) is 25.0 Å². The van der Waals surface area contributed by atoms with E-state index in [1.807, 2.05) is 24.3 Å². The first-order chi connectivity index (χ1) is 9.10. The number of thiophene rings is 1. The molecule has 0 radical (unpaired) electrons. The Bertz CT molecular complexity index is 581. The van der Waals surface area contributed by atoms with Gasteiger partial charge in [0.05, 0.1) is 7.11 Å². The number of methoxy groups -OCH3 is 1. The molecule has 100 valence electrons. The molecule has 0 fully saturated rings. The second kappa shape index (κ2) is 6.79. The van der Waals surface area contributed by atoms with E-state index in [9.17, 15) is 4.79 Å². The highest BCUT2D eigenvalue weighted by atomic mass is 79.9. The molecule has 2 nitrogen and oxygen atoms in total. The van der Waals surface area contributed by atoms with Crippen molar-refractivity contribution in [3.8, 4) is 0 Å². The van der Waals surface area contributed by atoms with Gasteiger partial charge < -0.3 is 4.74 Å². The average molecular weight is 378 g/mol. The molecular weight excluding hydrogens is 368 g/mol. The molecule has 1 aromatic heterocycles. The van der Waals surface area contributed by atoms with Crippen molar-refractivity contribution >= 4 is 56.6 Å². The number of halogens is 2. The van der Waals surface area contributed by atoms with Gasteiger partial charge in [-0.1, -0.05) is 11.6 Å². The maximum Gasteiger partial charge on any atom is 0.348 e. The van der Waals surface area contributed by atoms with Crippen LogP contribution in [-0.2, 0) is 10.5 Å². The van der Waals surface area contributed by atoms with Crippen molar-refractivity contribution < 1.29 is 9.53 Å². The van der Waals surface area contributed by atoms with Crippen LogP contribution in [0.25, 0.3) is 0 Å². The molecule has 0 saturated heterocycles. The van der Waals surface area contributed by atoms with Crippen LogP contribution in [0.5, 0.6) is 0 Å². The molecule has 0 saturated carbocycles. The van der Waals surface area contributed by atoms with Gasteiger partial charge >= 0.3 is 5.97 Å². The molecule has 0 aliphatic carbocycles. The van der Waals surface area contributed by atoms with Crippen molar-refractivity contribution in [2.24, 2.45) is 0 Å². The summed E-state index contributed by atoms with van der Waals surface area (Å²) in [6.07, 6.45) is 0. The highest BCUT2D eigenvalue weighted by molar-refractivity contribution is 9.10. The van der Waals surface area contributed by atoms with Gasteiger partial charge in [-0.2, -0.15) is 0 Å². The zero-order valence-corrected chi connectivity index (χ0v) is 14.0. The van der Waals surface area contributed by atoms with Crippen molar-refractivity contribution in [1.82, 2.24) is 0 Å². The summed E-state index contributed by atoms with van der Waals surface area (Å²) >= 11 is 12.5. The quantitative estimate of drug-likeness (QED) is 0.538. The third-order valence-electron chi connectivity index (χ3n) is 2.33. The molecular formula is C13H10BrClO2S2. The van der Waals surface area contributed by atoms with Crippen LogP contribution >= 0.6 is 50.6 Å². The first-order valence-electron chi connectivity index (χ1n) is 5.35. The molecule has 1 aromatic carbocycles. The number of benzene rings is 1. The molecule has 1 heterocycles. The fourth-order valence-corrected chi connectivity index (χ4v) is 4.42. The van der Waals surface area contributed by atoms with E-state index in [1.165, 1.54) is 18.4 Å². The largest absolute Gasteiger partial charge is 0.465 e. The summed E-state index contributed by atoms with van der Waals surface area (Å²) in [5, 5.41) is 0.731. The third-order valence-corrected chi connectivity index (χ3v) is 5.89. The Kier molecular flexibility index (Phi) is 5.33. The van der Waals surface area contributed by atoms with E-state index in [1.54, 1.807) is 17.8 Å². The van der Waals surface area contributed by atoms with E-state index in [0.29, 0.717) is 4.88 Å². The van der Waals surface area contributed by atoms with Crippen LogP contribution in [-0.4, -0.2) is 13.1 Å². The van der Waals surface area contributed by atoms with Crippen LogP contribution in [0.15, 0.2) is 39.7 Å². The van der Waals surface area contributed by atoms with Crippen LogP contribution in [0, 0.1) is 0 Å². The predicted octanol–water partition coefficient (Wildman–Crippen LogP) is 5.24. The summed E-state index contributed by atoms with van der Waals surface area (Å²) in [6.45, 7) is 0. The van der Waals surface area contributed by atoms with Crippen LogP contribution in [0.3, 0.4) is 0 Å². The first-order valence-corrected chi connectivity index (χ1v) is 8.32. The van der Waals surface area contributed by atoms with Gasteiger partial charge in [-0.3, -0.25) is 0 Å². The van der Waals surface area contributed by atoms with Crippen molar-refractivity contribution in [3.05, 3.63) is 49.6 Å². The van der Waals surface area contributed by atoms with Crippen molar-refractivity contribution in [2.45, 2.75) is 10.6 Å². The van der Waals surface area contributed by atoms with E-state index < -0.39 is 0 Å². The van der Waals surface area contributed by atoms with E-state index in [2.05, 4.69) is 15.9 Å². The topological polar surface area (TPSA) is 26.3 Å². The third kappa shape index (κ3) is 3.99. The second-order valence-corrected chi connectivity index (χ2v) is 7.09. The fourth-order valence-electron chi connectivity index (χ4n) is 1.39. The number of hydrogen-bond acceptors (Lipinski definition) is 4. The van der Waals surface area contributed by atoms with Gasteiger partial charge in [0.2, 0.25) is 0 Å². The van der Waals surface area contributed by atoms with Gasteiger partial charge in [0.1, 0.15) is 4.88 Å². The van der Waals surface area contributed by atoms with Crippen molar-refractivity contribution in [1.29, 1.82) is 0 Å². The van der Waals surface area contributed by atoms with E-state index >= 15 is 0 Å². The summed E-state index contributed by atoms with van der Waals surface area (Å²) in [5.74, 6) is 0.498. The minimum absolute atomic E-state index is 0.298. The lowest BCUT2D eigenvalue weighted by Gasteiger charge is -2.00. The molecule has 0 N–H and O–H groups in total. The molecule has 0 bridgehead atoms. The van der Waals surface area contributed by atoms with Crippen molar-refractivity contribution in [3.63, 3.8) is 0 Å². The fraction of sp³-hybridized carbons (Fsp3) is 0.154. The Morgan fingerprint density at radius 2 is 2.11 bits per heavy atom. The minimum Gasteiger partial charge on any atom is -0.465 e. The normalized spacial score (nSPS) is 10.5. The van der Waals surface area contributed by atoms with Crippen LogP contribution in [0.1, 0.15) is 14.5 Å². The number of hydrogen-bond donors (Lipinski definition) is 0. The predicted molar refractivity (Wildman–Crippen MR) is 84.4 cm³/mol. The average Bonchev–Trinajstić information content (AvgIpc) is 2.79. The van der Waals surface area contributed by atoms with Gasteiger partial charge in [0, 0.05) is 25.0 Å². The molecule has 2 aromatic rings. The Morgan fingerprint density at radius 1 is 1.42 bits per heavy atom. The first kappa shape index (κ1) is 14.9. The number of carbonyl (C=O) groups excluding carboxylic acids is 1. The number of thioether (sulfide) groups is 1. The zero-order valence-electron chi connectivity index (χ0n) is 9.98. The van der Waals surface area contributed by atoms with Crippen molar-refractivity contribution in [2.75, 3.05) is 7.11 Å². The second-order valence-electron chi connectivity index (χ2n) is 3.62. The van der Waals surface area contributed by atoms with Crippen LogP contribution in [0.4, 0.5) is 0 Å². The summed E-state index contributed by atoms with van der Waals surface area (Å²) < 4.78 is 5.65. The number of ether oxygens (including phenoxy) is 1. The maximum atomic E-state index is 11.4. The highest BCUT2D eigenvalue weighted by Gasteiger charge is 2.13. The van der Waals surface area contributed by atoms with Gasteiger partial charge in [0.15, 0.2) is 0 Å². The summed E-state index contributed by atoms with van der Waals surface area (Å²) in [4.78, 5) is 14.3. The highest BCUT2D eigenvalue weighted by Crippen LogP contribution is 2.33. The Morgan fingerprint density at radius 3 is 2.74 bits per heavy atom. The molecule has 0 unspecified atom stereocenters. The molecule has 0 atom stereocenters. The standard InChI is InChI=1S/C13H10BrClO2S2/c1-17-13(16)11-6-10(14)12(19-11)7-18-9-4-2-8(15)3-5-9/h2-6H,7H2,1H3. The molecule has 2 rings (SSSR count). The Balaban J connectivity index is 2.05. The Labute approximate surface area is 133 Å². The van der Waals surface area contributed by atoms with Gasteiger partial charge in [-0.05, 0) is 46.3 Å². The number of rotatable bonds is 4. The lowest BCUT2D eigenvalue weighted by molar-refractivity contribution is 0.0606. The number of esters is 1. The molecule has 0 aliphatic heterocycles. The molecule has 6 heteroatoms. The maximum absolute atomic E-state index is 11.4. The lowest BCUT2D eigenvalue weighted by Crippen LogP contribution is -1.96. The minimum atomic E-state index is -0.298. The monoisotopic (exact) mass is 376 g/mol. The number of carbonyl (C=O) groups is 1. The lowest BCUT2D eigenvalue weighted by atomic mass is 10.4. The summed E-state index contributed by atoms with van der Waals surface area (Å²) in [5.41, 5.74) is 0. The zero-order chi connectivity index (χ0) is 13.8. The Hall–Kier alpha value is -0.490. The van der Waals surface area contributed by atoms with Gasteiger partial charge in [-0.15, -0.1) is 23.1 Å². The van der Waals surface area contributed by atoms with E-state index in [-0.39, 0.29) is 5.97 Å².